The number of aryl methyl sites for hydroxylation is 1. The first-order valence-electron chi connectivity index (χ1n) is 14.7. The van der Waals surface area contributed by atoms with E-state index in [4.69, 9.17) is 18.9 Å². The zero-order chi connectivity index (χ0) is 28.7. The summed E-state index contributed by atoms with van der Waals surface area (Å²) in [5, 5.41) is 6.28. The van der Waals surface area contributed by atoms with Gasteiger partial charge in [-0.25, -0.2) is 0 Å². The average molecular weight is 557 g/mol. The second-order valence-electron chi connectivity index (χ2n) is 12.9. The van der Waals surface area contributed by atoms with Crippen LogP contribution in [0.2, 0.25) is 0 Å². The molecule has 2 saturated heterocycles. The Kier molecular flexibility index (Phi) is 8.06. The number of rotatable bonds is 9. The van der Waals surface area contributed by atoms with Crippen molar-refractivity contribution in [2.75, 3.05) is 20.8 Å². The molecule has 2 aliphatic carbocycles. The molecule has 4 atom stereocenters. The van der Waals surface area contributed by atoms with Gasteiger partial charge in [0.25, 0.3) is 5.91 Å². The van der Waals surface area contributed by atoms with Gasteiger partial charge in [-0.1, -0.05) is 13.3 Å². The van der Waals surface area contributed by atoms with Crippen LogP contribution in [0.3, 0.4) is 0 Å². The van der Waals surface area contributed by atoms with Crippen LogP contribution in [0, 0.1) is 23.7 Å². The van der Waals surface area contributed by atoms with E-state index >= 15 is 0 Å². The lowest BCUT2D eigenvalue weighted by molar-refractivity contribution is -0.154. The Hall–Kier alpha value is -2.81. The molecular formula is C31H44N2O7. The Bertz CT molecular complexity index is 1140. The summed E-state index contributed by atoms with van der Waals surface area (Å²) in [6.45, 7) is 6.74. The lowest BCUT2D eigenvalue weighted by Gasteiger charge is -2.39. The molecule has 2 N–H and O–H groups in total. The Morgan fingerprint density at radius 3 is 2.30 bits per heavy atom. The van der Waals surface area contributed by atoms with Crippen molar-refractivity contribution < 1.29 is 33.3 Å². The summed E-state index contributed by atoms with van der Waals surface area (Å²) in [5.41, 5.74) is 0.909. The summed E-state index contributed by atoms with van der Waals surface area (Å²) in [7, 11) is 2.97. The van der Waals surface area contributed by atoms with Crippen molar-refractivity contribution in [2.45, 2.75) is 103 Å². The minimum absolute atomic E-state index is 0.0400. The number of hydrogen-bond donors (Lipinski definition) is 2. The number of hydrogen-bond acceptors (Lipinski definition) is 7. The smallest absolute Gasteiger partial charge is 0.311 e. The Morgan fingerprint density at radius 2 is 1.68 bits per heavy atom. The third-order valence-electron chi connectivity index (χ3n) is 9.87. The average Bonchev–Trinajstić information content (AvgIpc) is 3.54. The monoisotopic (exact) mass is 556 g/mol. The van der Waals surface area contributed by atoms with Crippen LogP contribution in [0.4, 0.5) is 0 Å². The molecule has 220 valence electrons. The summed E-state index contributed by atoms with van der Waals surface area (Å²) in [6.07, 6.45) is 7.50. The van der Waals surface area contributed by atoms with Crippen LogP contribution in [-0.4, -0.2) is 62.9 Å². The highest BCUT2D eigenvalue weighted by Crippen LogP contribution is 2.42. The van der Waals surface area contributed by atoms with Crippen molar-refractivity contribution >= 4 is 17.8 Å². The number of amides is 2. The lowest BCUT2D eigenvalue weighted by atomic mass is 9.70. The molecule has 2 saturated carbocycles. The number of fused-ring (bicyclic) bond motifs is 2. The lowest BCUT2D eigenvalue weighted by Crippen LogP contribution is -2.53. The second-order valence-corrected chi connectivity index (χ2v) is 12.9. The Labute approximate surface area is 237 Å². The van der Waals surface area contributed by atoms with Gasteiger partial charge in [-0.2, -0.15) is 0 Å². The number of carbonyl (C=O) groups is 3. The molecule has 2 aliphatic heterocycles. The molecule has 5 rings (SSSR count). The normalized spacial score (nSPS) is 32.1. The summed E-state index contributed by atoms with van der Waals surface area (Å²) in [4.78, 5) is 39.1. The van der Waals surface area contributed by atoms with Crippen molar-refractivity contribution in [2.24, 2.45) is 16.7 Å². The van der Waals surface area contributed by atoms with Gasteiger partial charge in [0, 0.05) is 6.54 Å². The van der Waals surface area contributed by atoms with Crippen LogP contribution in [0.1, 0.15) is 87.6 Å². The van der Waals surface area contributed by atoms with Gasteiger partial charge in [0.15, 0.2) is 0 Å². The number of ether oxygens (including phenoxy) is 4. The molecule has 1 aromatic rings. The van der Waals surface area contributed by atoms with Crippen LogP contribution in [0.15, 0.2) is 12.1 Å². The van der Waals surface area contributed by atoms with E-state index in [2.05, 4.69) is 17.6 Å². The van der Waals surface area contributed by atoms with E-state index in [-0.39, 0.29) is 41.5 Å². The molecule has 9 heteroatoms. The van der Waals surface area contributed by atoms with Crippen molar-refractivity contribution in [1.82, 2.24) is 10.6 Å². The van der Waals surface area contributed by atoms with E-state index in [1.165, 1.54) is 13.5 Å². The molecule has 2 heterocycles. The van der Waals surface area contributed by atoms with Crippen LogP contribution < -0.4 is 20.1 Å². The van der Waals surface area contributed by atoms with Gasteiger partial charge < -0.3 is 29.6 Å². The van der Waals surface area contributed by atoms with E-state index in [0.29, 0.717) is 36.4 Å². The number of carbonyl (C=O) groups excluding carboxylic acids is 3. The van der Waals surface area contributed by atoms with Crippen molar-refractivity contribution in [3.8, 4) is 11.5 Å². The molecule has 4 aliphatic rings. The fourth-order valence-electron chi connectivity index (χ4n) is 6.91. The van der Waals surface area contributed by atoms with Crippen LogP contribution in [-0.2, 0) is 19.1 Å². The first-order chi connectivity index (χ1) is 19.1. The largest absolute Gasteiger partial charge is 0.496 e. The third-order valence-corrected chi connectivity index (χ3v) is 9.87. The molecule has 9 nitrogen and oxygen atoms in total. The molecule has 0 aromatic heterocycles. The minimum Gasteiger partial charge on any atom is -0.496 e. The maximum absolute atomic E-state index is 13.7. The van der Waals surface area contributed by atoms with E-state index in [1.807, 2.05) is 19.9 Å². The molecule has 4 fully saturated rings. The summed E-state index contributed by atoms with van der Waals surface area (Å²) in [6, 6.07) is 3.15. The van der Waals surface area contributed by atoms with Crippen molar-refractivity contribution in [1.29, 1.82) is 0 Å². The number of nitrogens with one attached hydrogen (secondary N) is 2. The standard InChI is InChI=1S/C31H44N2O7/c1-18-15-24(37-4)20(16-23(18)39-19-9-13-31(3,14-10-19)29(36)38-5)27(34)33-26-22-8-7-21(40-22)25(26)28(35)32-17-30(2)11-6-12-30/h15-16,19,21-22,25-26H,6-14,17H2,1-5H3,(H,32,35)(H,33,34)/t19?,21-,22+,25+,26-,31?/m1/s1. The fourth-order valence-corrected chi connectivity index (χ4v) is 6.91. The third kappa shape index (κ3) is 5.54. The van der Waals surface area contributed by atoms with E-state index in [1.54, 1.807) is 13.2 Å². The predicted octanol–water partition coefficient (Wildman–Crippen LogP) is 4.09. The van der Waals surface area contributed by atoms with Crippen molar-refractivity contribution in [3.05, 3.63) is 23.3 Å². The fraction of sp³-hybridized carbons (Fsp3) is 0.710. The topological polar surface area (TPSA) is 112 Å². The zero-order valence-corrected chi connectivity index (χ0v) is 24.5. The van der Waals surface area contributed by atoms with Gasteiger partial charge in [0.2, 0.25) is 5.91 Å². The highest BCUT2D eigenvalue weighted by molar-refractivity contribution is 5.98. The highest BCUT2D eigenvalue weighted by atomic mass is 16.5. The van der Waals surface area contributed by atoms with Gasteiger partial charge in [-0.15, -0.1) is 0 Å². The maximum Gasteiger partial charge on any atom is 0.311 e. The van der Waals surface area contributed by atoms with E-state index in [9.17, 15) is 14.4 Å². The van der Waals surface area contributed by atoms with Gasteiger partial charge >= 0.3 is 5.97 Å². The number of esters is 1. The molecule has 40 heavy (non-hydrogen) atoms. The van der Waals surface area contributed by atoms with Gasteiger partial charge in [-0.05, 0) is 88.3 Å². The first-order valence-corrected chi connectivity index (χ1v) is 14.7. The summed E-state index contributed by atoms with van der Waals surface area (Å²) in [5.74, 6) is 0.122. The molecule has 1 aromatic carbocycles. The second kappa shape index (κ2) is 11.2. The zero-order valence-electron chi connectivity index (χ0n) is 24.5. The van der Waals surface area contributed by atoms with E-state index < -0.39 is 17.4 Å². The van der Waals surface area contributed by atoms with Gasteiger partial charge in [0.05, 0.1) is 55.5 Å². The first kappa shape index (κ1) is 28.7. The molecule has 2 amide bonds. The summed E-state index contributed by atoms with van der Waals surface area (Å²) < 4.78 is 23.0. The summed E-state index contributed by atoms with van der Waals surface area (Å²) >= 11 is 0. The molecule has 0 spiro atoms. The number of benzene rings is 1. The Balaban J connectivity index is 1.27. The number of methoxy groups -OCH3 is 2. The quantitative estimate of drug-likeness (QED) is 0.441. The SMILES string of the molecule is COC(=O)C1(C)CCC(Oc2cc(C(=O)N[C@H]3[C@@H](C(=O)NCC4(C)CCC4)[C@H]4CC[C@@H]3O4)c(OC)cc2C)CC1. The highest BCUT2D eigenvalue weighted by Gasteiger charge is 2.53. The molecule has 2 bridgehead atoms. The molecule has 0 radical (unpaired) electrons. The Morgan fingerprint density at radius 1 is 0.975 bits per heavy atom. The minimum atomic E-state index is -0.490. The molecular weight excluding hydrogens is 512 g/mol. The van der Waals surface area contributed by atoms with Crippen LogP contribution in [0.5, 0.6) is 11.5 Å². The predicted molar refractivity (Wildman–Crippen MR) is 148 cm³/mol. The van der Waals surface area contributed by atoms with Crippen LogP contribution in [0.25, 0.3) is 0 Å². The van der Waals surface area contributed by atoms with E-state index in [0.717, 1.165) is 44.1 Å². The van der Waals surface area contributed by atoms with Gasteiger partial charge in [-0.3, -0.25) is 14.4 Å². The van der Waals surface area contributed by atoms with Crippen LogP contribution >= 0.6 is 0 Å². The molecule has 0 unspecified atom stereocenters. The van der Waals surface area contributed by atoms with Crippen molar-refractivity contribution in [3.63, 3.8) is 0 Å². The maximum atomic E-state index is 13.7. The van der Waals surface area contributed by atoms with Gasteiger partial charge in [0.1, 0.15) is 11.5 Å².